The molecule has 0 spiro atoms. The third-order valence-electron chi connectivity index (χ3n) is 1.63. The minimum atomic E-state index is 0.440. The first-order chi connectivity index (χ1) is 4.83. The number of carbonyl (C=O) groups is 1. The fourth-order valence-corrected chi connectivity index (χ4v) is 1.07. The van der Waals surface area contributed by atoms with E-state index in [1.54, 1.807) is 0 Å². The van der Waals surface area contributed by atoms with E-state index >= 15 is 0 Å². The SMILES string of the molecule is NN(C=O)CC1CCOC1. The maximum atomic E-state index is 10.1. The van der Waals surface area contributed by atoms with Crippen molar-refractivity contribution >= 4 is 6.41 Å². The van der Waals surface area contributed by atoms with Gasteiger partial charge in [-0.1, -0.05) is 0 Å². The van der Waals surface area contributed by atoms with Gasteiger partial charge in [0.2, 0.25) is 6.41 Å². The molecule has 4 nitrogen and oxygen atoms in total. The Bertz CT molecular complexity index is 112. The van der Waals surface area contributed by atoms with Crippen LogP contribution in [0.1, 0.15) is 6.42 Å². The van der Waals surface area contributed by atoms with Crippen molar-refractivity contribution in [3.8, 4) is 0 Å². The Hall–Kier alpha value is -0.610. The molecule has 1 saturated heterocycles. The highest BCUT2D eigenvalue weighted by Crippen LogP contribution is 2.11. The van der Waals surface area contributed by atoms with Crippen molar-refractivity contribution in [3.05, 3.63) is 0 Å². The number of hydrogen-bond donors (Lipinski definition) is 1. The van der Waals surface area contributed by atoms with Gasteiger partial charge in [0, 0.05) is 19.1 Å². The number of rotatable bonds is 3. The highest BCUT2D eigenvalue weighted by atomic mass is 16.5. The first kappa shape index (κ1) is 7.50. The van der Waals surface area contributed by atoms with Gasteiger partial charge in [-0.3, -0.25) is 9.80 Å². The van der Waals surface area contributed by atoms with Gasteiger partial charge in [0.05, 0.1) is 6.61 Å². The summed E-state index contributed by atoms with van der Waals surface area (Å²) in [5.41, 5.74) is 0. The van der Waals surface area contributed by atoms with Gasteiger partial charge in [0.1, 0.15) is 0 Å². The van der Waals surface area contributed by atoms with E-state index in [-0.39, 0.29) is 0 Å². The third-order valence-corrected chi connectivity index (χ3v) is 1.63. The van der Waals surface area contributed by atoms with Crippen molar-refractivity contribution in [2.75, 3.05) is 19.8 Å². The van der Waals surface area contributed by atoms with Crippen LogP contribution in [0.4, 0.5) is 0 Å². The first-order valence-corrected chi connectivity index (χ1v) is 3.37. The van der Waals surface area contributed by atoms with Crippen LogP contribution in [-0.4, -0.2) is 31.2 Å². The average Bonchev–Trinajstić information content (AvgIpc) is 2.40. The molecule has 1 atom stereocenters. The number of amides is 1. The van der Waals surface area contributed by atoms with E-state index < -0.39 is 0 Å². The molecule has 1 amide bonds. The number of nitrogens with zero attached hydrogens (tertiary/aromatic N) is 1. The zero-order valence-corrected chi connectivity index (χ0v) is 5.82. The molecule has 0 aromatic rings. The molecular formula is C6H12N2O2. The predicted octanol–water partition coefficient (Wildman–Crippen LogP) is -0.645. The molecule has 1 aliphatic heterocycles. The fraction of sp³-hybridized carbons (Fsp3) is 0.833. The second kappa shape index (κ2) is 3.53. The summed E-state index contributed by atoms with van der Waals surface area (Å²) >= 11 is 0. The predicted molar refractivity (Wildman–Crippen MR) is 35.9 cm³/mol. The van der Waals surface area contributed by atoms with Crippen LogP contribution in [0.3, 0.4) is 0 Å². The van der Waals surface area contributed by atoms with E-state index in [4.69, 9.17) is 10.6 Å². The Labute approximate surface area is 59.9 Å². The maximum absolute atomic E-state index is 10.1. The number of hydrazine groups is 1. The molecule has 2 N–H and O–H groups in total. The Kier molecular flexibility index (Phi) is 2.65. The molecule has 0 radical (unpaired) electrons. The highest BCUT2D eigenvalue weighted by molar-refractivity contribution is 5.45. The summed E-state index contributed by atoms with van der Waals surface area (Å²) in [5.74, 6) is 5.70. The zero-order chi connectivity index (χ0) is 7.40. The van der Waals surface area contributed by atoms with Crippen LogP contribution in [-0.2, 0) is 9.53 Å². The van der Waals surface area contributed by atoms with Crippen molar-refractivity contribution < 1.29 is 9.53 Å². The lowest BCUT2D eigenvalue weighted by atomic mass is 10.1. The third kappa shape index (κ3) is 1.97. The lowest BCUT2D eigenvalue weighted by molar-refractivity contribution is -0.118. The molecule has 0 bridgehead atoms. The molecule has 1 heterocycles. The highest BCUT2D eigenvalue weighted by Gasteiger charge is 2.16. The van der Waals surface area contributed by atoms with E-state index in [1.165, 1.54) is 5.01 Å². The van der Waals surface area contributed by atoms with Crippen molar-refractivity contribution in [2.24, 2.45) is 11.8 Å². The molecule has 0 aromatic carbocycles. The lowest BCUT2D eigenvalue weighted by Gasteiger charge is -2.13. The van der Waals surface area contributed by atoms with Crippen LogP contribution >= 0.6 is 0 Å². The Morgan fingerprint density at radius 2 is 2.60 bits per heavy atom. The van der Waals surface area contributed by atoms with Gasteiger partial charge in [-0.2, -0.15) is 0 Å². The smallest absolute Gasteiger partial charge is 0.223 e. The summed E-state index contributed by atoms with van der Waals surface area (Å²) in [6.45, 7) is 2.16. The van der Waals surface area contributed by atoms with Gasteiger partial charge in [0.25, 0.3) is 0 Å². The van der Waals surface area contributed by atoms with Crippen molar-refractivity contribution in [1.29, 1.82) is 0 Å². The second-order valence-electron chi connectivity index (χ2n) is 2.53. The lowest BCUT2D eigenvalue weighted by Crippen LogP contribution is -2.34. The number of hydrogen-bond acceptors (Lipinski definition) is 3. The van der Waals surface area contributed by atoms with Crippen LogP contribution < -0.4 is 5.84 Å². The first-order valence-electron chi connectivity index (χ1n) is 3.37. The van der Waals surface area contributed by atoms with Crippen LogP contribution in [0, 0.1) is 5.92 Å². The number of carbonyl (C=O) groups excluding carboxylic acids is 1. The Balaban J connectivity index is 2.17. The maximum Gasteiger partial charge on any atom is 0.223 e. The van der Waals surface area contributed by atoms with Crippen LogP contribution in [0.15, 0.2) is 0 Å². The van der Waals surface area contributed by atoms with Gasteiger partial charge in [-0.25, -0.2) is 5.84 Å². The van der Waals surface area contributed by atoms with E-state index in [0.29, 0.717) is 18.9 Å². The molecule has 10 heavy (non-hydrogen) atoms. The Morgan fingerprint density at radius 1 is 1.80 bits per heavy atom. The summed E-state index contributed by atoms with van der Waals surface area (Å²) in [7, 11) is 0. The quantitative estimate of drug-likeness (QED) is 0.248. The molecule has 1 rings (SSSR count). The molecule has 0 saturated carbocycles. The molecule has 1 unspecified atom stereocenters. The minimum Gasteiger partial charge on any atom is -0.381 e. The molecule has 0 aromatic heterocycles. The summed E-state index contributed by atoms with van der Waals surface area (Å²) in [6.07, 6.45) is 1.65. The topological polar surface area (TPSA) is 55.6 Å². The molecule has 1 aliphatic rings. The molecule has 58 valence electrons. The fourth-order valence-electron chi connectivity index (χ4n) is 1.07. The molecular weight excluding hydrogens is 132 g/mol. The standard InChI is InChI=1S/C6H12N2O2/c7-8(5-9)3-6-1-2-10-4-6/h5-6H,1-4,7H2. The summed E-state index contributed by atoms with van der Waals surface area (Å²) in [4.78, 5) is 10.1. The zero-order valence-electron chi connectivity index (χ0n) is 5.82. The summed E-state index contributed by atoms with van der Waals surface area (Å²) in [6, 6.07) is 0. The normalized spacial score (nSPS) is 24.7. The van der Waals surface area contributed by atoms with Crippen molar-refractivity contribution in [2.45, 2.75) is 6.42 Å². The molecule has 4 heteroatoms. The summed E-state index contributed by atoms with van der Waals surface area (Å²) in [5, 5.41) is 1.17. The van der Waals surface area contributed by atoms with E-state index in [2.05, 4.69) is 0 Å². The monoisotopic (exact) mass is 144 g/mol. The van der Waals surface area contributed by atoms with E-state index in [0.717, 1.165) is 19.6 Å². The van der Waals surface area contributed by atoms with E-state index in [9.17, 15) is 4.79 Å². The van der Waals surface area contributed by atoms with Gasteiger partial charge >= 0.3 is 0 Å². The Morgan fingerprint density at radius 3 is 3.10 bits per heavy atom. The van der Waals surface area contributed by atoms with Gasteiger partial charge in [0.15, 0.2) is 0 Å². The van der Waals surface area contributed by atoms with Gasteiger partial charge < -0.3 is 4.74 Å². The van der Waals surface area contributed by atoms with E-state index in [1.807, 2.05) is 0 Å². The average molecular weight is 144 g/mol. The second-order valence-corrected chi connectivity index (χ2v) is 2.53. The van der Waals surface area contributed by atoms with Gasteiger partial charge in [-0.15, -0.1) is 0 Å². The van der Waals surface area contributed by atoms with Crippen LogP contribution in [0.2, 0.25) is 0 Å². The van der Waals surface area contributed by atoms with Crippen molar-refractivity contribution in [3.63, 3.8) is 0 Å². The number of ether oxygens (including phenoxy) is 1. The summed E-state index contributed by atoms with van der Waals surface area (Å²) < 4.78 is 5.10. The van der Waals surface area contributed by atoms with Crippen LogP contribution in [0.5, 0.6) is 0 Å². The minimum absolute atomic E-state index is 0.440. The largest absolute Gasteiger partial charge is 0.381 e. The van der Waals surface area contributed by atoms with Crippen molar-refractivity contribution in [1.82, 2.24) is 5.01 Å². The van der Waals surface area contributed by atoms with Crippen LogP contribution in [0.25, 0.3) is 0 Å². The number of nitrogens with two attached hydrogens (primary N) is 1. The molecule has 1 fully saturated rings. The van der Waals surface area contributed by atoms with Gasteiger partial charge in [-0.05, 0) is 6.42 Å². The molecule has 0 aliphatic carbocycles.